The van der Waals surface area contributed by atoms with Gasteiger partial charge in [0, 0.05) is 13.6 Å². The molecule has 134 valence electrons. The van der Waals surface area contributed by atoms with Gasteiger partial charge in [0.25, 0.3) is 0 Å². The molecule has 1 aromatic heterocycles. The molecule has 2 aromatic rings. The molecule has 0 bridgehead atoms. The van der Waals surface area contributed by atoms with Crippen molar-refractivity contribution in [3.63, 3.8) is 0 Å². The Balaban J connectivity index is 1.67. The van der Waals surface area contributed by atoms with Crippen LogP contribution in [-0.2, 0) is 17.8 Å². The van der Waals surface area contributed by atoms with Gasteiger partial charge in [0.15, 0.2) is 5.16 Å². The van der Waals surface area contributed by atoms with Crippen LogP contribution in [0.1, 0.15) is 43.4 Å². The number of aromatic amines is 1. The molecule has 1 amide bonds. The second kappa shape index (κ2) is 7.91. The molecule has 0 saturated heterocycles. The zero-order valence-corrected chi connectivity index (χ0v) is 15.5. The Labute approximate surface area is 151 Å². The smallest absolute Gasteiger partial charge is 0.338 e. The molecule has 1 aliphatic rings. The summed E-state index contributed by atoms with van der Waals surface area (Å²) < 4.78 is 1.59. The summed E-state index contributed by atoms with van der Waals surface area (Å²) >= 11 is 1.32. The van der Waals surface area contributed by atoms with Crippen molar-refractivity contribution in [2.75, 3.05) is 12.8 Å². The minimum Gasteiger partial charge on any atom is -0.338 e. The van der Waals surface area contributed by atoms with Crippen molar-refractivity contribution in [1.29, 1.82) is 0 Å². The lowest BCUT2D eigenvalue weighted by molar-refractivity contribution is -0.129. The highest BCUT2D eigenvalue weighted by molar-refractivity contribution is 7.99. The summed E-state index contributed by atoms with van der Waals surface area (Å²) in [5, 5.41) is 7.08. The number of benzene rings is 1. The zero-order chi connectivity index (χ0) is 17.8. The van der Waals surface area contributed by atoms with Crippen LogP contribution >= 0.6 is 11.8 Å². The summed E-state index contributed by atoms with van der Waals surface area (Å²) in [5.74, 6) is 0.341. The van der Waals surface area contributed by atoms with Gasteiger partial charge in [0.1, 0.15) is 0 Å². The number of H-pyrrole nitrogens is 1. The Kier molecular flexibility index (Phi) is 5.63. The number of aryl methyl sites for hydroxylation is 1. The molecular weight excluding hydrogens is 336 g/mol. The molecular formula is C18H24N4O2S. The molecule has 6 nitrogen and oxygen atoms in total. The summed E-state index contributed by atoms with van der Waals surface area (Å²) in [7, 11) is 1.87. The minimum absolute atomic E-state index is 0.0604. The van der Waals surface area contributed by atoms with E-state index in [1.807, 2.05) is 24.9 Å². The SMILES string of the molecule is CCCn1c(SCC(=O)N(C)C2CCCc3ccccc32)n[nH]c1=O. The van der Waals surface area contributed by atoms with Crippen molar-refractivity contribution >= 4 is 17.7 Å². The number of nitrogens with one attached hydrogen (secondary N) is 1. The lowest BCUT2D eigenvalue weighted by atomic mass is 9.87. The molecule has 0 saturated carbocycles. The van der Waals surface area contributed by atoms with Crippen molar-refractivity contribution in [2.24, 2.45) is 0 Å². The molecule has 3 rings (SSSR count). The van der Waals surface area contributed by atoms with Gasteiger partial charge in [0.2, 0.25) is 5.91 Å². The number of hydrogen-bond acceptors (Lipinski definition) is 4. The third-order valence-electron chi connectivity index (χ3n) is 4.69. The van der Waals surface area contributed by atoms with Crippen LogP contribution in [0.5, 0.6) is 0 Å². The van der Waals surface area contributed by atoms with Crippen molar-refractivity contribution in [2.45, 2.75) is 50.4 Å². The zero-order valence-electron chi connectivity index (χ0n) is 14.7. The van der Waals surface area contributed by atoms with Crippen LogP contribution in [0.3, 0.4) is 0 Å². The van der Waals surface area contributed by atoms with Gasteiger partial charge in [-0.3, -0.25) is 9.36 Å². The van der Waals surface area contributed by atoms with Crippen LogP contribution in [0.15, 0.2) is 34.2 Å². The van der Waals surface area contributed by atoms with E-state index in [1.54, 1.807) is 4.57 Å². The maximum absolute atomic E-state index is 12.7. The Morgan fingerprint density at radius 2 is 2.24 bits per heavy atom. The normalized spacial score (nSPS) is 16.5. The van der Waals surface area contributed by atoms with Crippen LogP contribution in [0.2, 0.25) is 0 Å². The van der Waals surface area contributed by atoms with Crippen LogP contribution in [0.25, 0.3) is 0 Å². The quantitative estimate of drug-likeness (QED) is 0.804. The average molecular weight is 360 g/mol. The van der Waals surface area contributed by atoms with Gasteiger partial charge in [-0.1, -0.05) is 43.0 Å². The van der Waals surface area contributed by atoms with E-state index in [0.29, 0.717) is 11.7 Å². The second-order valence-electron chi connectivity index (χ2n) is 6.36. The van der Waals surface area contributed by atoms with E-state index in [-0.39, 0.29) is 23.4 Å². The highest BCUT2D eigenvalue weighted by Crippen LogP contribution is 2.33. The fourth-order valence-electron chi connectivity index (χ4n) is 3.37. The lowest BCUT2D eigenvalue weighted by Gasteiger charge is -2.33. The number of carbonyl (C=O) groups excluding carboxylic acids is 1. The van der Waals surface area contributed by atoms with E-state index >= 15 is 0 Å². The van der Waals surface area contributed by atoms with E-state index in [2.05, 4.69) is 28.4 Å². The van der Waals surface area contributed by atoms with Gasteiger partial charge in [-0.15, -0.1) is 5.10 Å². The first-order chi connectivity index (χ1) is 12.1. The van der Waals surface area contributed by atoms with E-state index in [0.717, 1.165) is 25.7 Å². The lowest BCUT2D eigenvalue weighted by Crippen LogP contribution is -2.34. The molecule has 1 unspecified atom stereocenters. The Morgan fingerprint density at radius 3 is 3.04 bits per heavy atom. The van der Waals surface area contributed by atoms with E-state index in [1.165, 1.54) is 22.9 Å². The van der Waals surface area contributed by atoms with Crippen LogP contribution in [-0.4, -0.2) is 38.4 Å². The molecule has 0 spiro atoms. The number of amides is 1. The standard InChI is InChI=1S/C18H24N4O2S/c1-3-11-22-17(24)19-20-18(22)25-12-16(23)21(2)15-10-6-8-13-7-4-5-9-14(13)15/h4-5,7,9,15H,3,6,8,10-12H2,1-2H3,(H,19,24). The Morgan fingerprint density at radius 1 is 1.44 bits per heavy atom. The maximum atomic E-state index is 12.7. The summed E-state index contributed by atoms with van der Waals surface area (Å²) in [6.45, 7) is 2.62. The maximum Gasteiger partial charge on any atom is 0.343 e. The molecule has 1 heterocycles. The third-order valence-corrected chi connectivity index (χ3v) is 5.66. The summed E-state index contributed by atoms with van der Waals surface area (Å²) in [4.78, 5) is 26.3. The summed E-state index contributed by atoms with van der Waals surface area (Å²) in [5.41, 5.74) is 2.39. The van der Waals surface area contributed by atoms with Crippen LogP contribution < -0.4 is 5.69 Å². The topological polar surface area (TPSA) is 71.0 Å². The summed E-state index contributed by atoms with van der Waals surface area (Å²) in [6, 6.07) is 8.51. The van der Waals surface area contributed by atoms with E-state index in [4.69, 9.17) is 0 Å². The predicted molar refractivity (Wildman–Crippen MR) is 98.8 cm³/mol. The number of carbonyl (C=O) groups is 1. The monoisotopic (exact) mass is 360 g/mol. The molecule has 25 heavy (non-hydrogen) atoms. The number of nitrogens with zero attached hydrogens (tertiary/aromatic N) is 3. The highest BCUT2D eigenvalue weighted by Gasteiger charge is 2.26. The van der Waals surface area contributed by atoms with Gasteiger partial charge >= 0.3 is 5.69 Å². The summed E-state index contributed by atoms with van der Waals surface area (Å²) in [6.07, 6.45) is 4.02. The first kappa shape index (κ1) is 17.8. The molecule has 0 aliphatic heterocycles. The van der Waals surface area contributed by atoms with Gasteiger partial charge in [-0.25, -0.2) is 9.89 Å². The average Bonchev–Trinajstić information content (AvgIpc) is 2.99. The molecule has 1 N–H and O–H groups in total. The second-order valence-corrected chi connectivity index (χ2v) is 7.31. The van der Waals surface area contributed by atoms with Gasteiger partial charge < -0.3 is 4.90 Å². The molecule has 0 fully saturated rings. The molecule has 1 atom stereocenters. The molecule has 7 heteroatoms. The Hall–Kier alpha value is -2.02. The van der Waals surface area contributed by atoms with Crippen molar-refractivity contribution in [3.05, 3.63) is 45.9 Å². The Bertz CT molecular complexity index is 798. The molecule has 1 aromatic carbocycles. The first-order valence-corrected chi connectivity index (χ1v) is 9.71. The number of thioether (sulfide) groups is 1. The number of aromatic nitrogens is 3. The van der Waals surface area contributed by atoms with E-state index in [9.17, 15) is 9.59 Å². The highest BCUT2D eigenvalue weighted by atomic mass is 32.2. The van der Waals surface area contributed by atoms with Crippen LogP contribution in [0.4, 0.5) is 0 Å². The molecule has 1 aliphatic carbocycles. The van der Waals surface area contributed by atoms with E-state index < -0.39 is 0 Å². The number of fused-ring (bicyclic) bond motifs is 1. The largest absolute Gasteiger partial charge is 0.343 e. The van der Waals surface area contributed by atoms with Crippen LogP contribution in [0, 0.1) is 0 Å². The third kappa shape index (κ3) is 3.81. The first-order valence-electron chi connectivity index (χ1n) is 8.73. The minimum atomic E-state index is -0.216. The van der Waals surface area contributed by atoms with Crippen molar-refractivity contribution in [3.8, 4) is 0 Å². The van der Waals surface area contributed by atoms with Gasteiger partial charge in [0.05, 0.1) is 11.8 Å². The predicted octanol–water partition coefficient (Wildman–Crippen LogP) is 2.61. The number of rotatable bonds is 6. The van der Waals surface area contributed by atoms with Gasteiger partial charge in [-0.2, -0.15) is 0 Å². The fraction of sp³-hybridized carbons (Fsp3) is 0.500. The fourth-order valence-corrected chi connectivity index (χ4v) is 4.26. The van der Waals surface area contributed by atoms with Crippen molar-refractivity contribution < 1.29 is 4.79 Å². The van der Waals surface area contributed by atoms with Crippen molar-refractivity contribution in [1.82, 2.24) is 19.7 Å². The number of hydrogen-bond donors (Lipinski definition) is 1. The molecule has 0 radical (unpaired) electrons. The van der Waals surface area contributed by atoms with Gasteiger partial charge in [-0.05, 0) is 36.8 Å².